The van der Waals surface area contributed by atoms with E-state index < -0.39 is 0 Å². The van der Waals surface area contributed by atoms with Crippen LogP contribution in [0.5, 0.6) is 5.75 Å². The maximum absolute atomic E-state index is 11.4. The Morgan fingerprint density at radius 3 is 2.35 bits per heavy atom. The van der Waals surface area contributed by atoms with Crippen LogP contribution in [0.25, 0.3) is 0 Å². The highest BCUT2D eigenvalue weighted by molar-refractivity contribution is 9.11. The van der Waals surface area contributed by atoms with Crippen LogP contribution in [0.3, 0.4) is 0 Å². The first kappa shape index (κ1) is 14.3. The molecule has 0 radical (unpaired) electrons. The summed E-state index contributed by atoms with van der Waals surface area (Å²) in [6.45, 7) is 0.331. The second-order valence-corrected chi connectivity index (χ2v) is 5.41. The molecule has 0 unspecified atom stereocenters. The Morgan fingerprint density at radius 2 is 1.88 bits per heavy atom. The van der Waals surface area contributed by atoms with Crippen molar-refractivity contribution in [2.75, 3.05) is 26.4 Å². The topological polar surface area (TPSA) is 55.6 Å². The van der Waals surface area contributed by atoms with Crippen molar-refractivity contribution in [2.24, 2.45) is 0 Å². The molecule has 6 heteroatoms. The van der Waals surface area contributed by atoms with Crippen LogP contribution >= 0.6 is 31.9 Å². The largest absolute Gasteiger partial charge is 0.491 e. The van der Waals surface area contributed by atoms with Crippen molar-refractivity contribution < 1.29 is 9.53 Å². The van der Waals surface area contributed by atoms with Gasteiger partial charge in [0, 0.05) is 19.8 Å². The molecule has 0 bridgehead atoms. The van der Waals surface area contributed by atoms with Gasteiger partial charge in [-0.25, -0.2) is 0 Å². The van der Waals surface area contributed by atoms with Gasteiger partial charge in [0.05, 0.1) is 22.0 Å². The maximum Gasteiger partial charge on any atom is 0.225 e. The van der Waals surface area contributed by atoms with Crippen molar-refractivity contribution in [1.29, 1.82) is 0 Å². The zero-order chi connectivity index (χ0) is 13.0. The number of nitrogens with two attached hydrogens (primary N) is 1. The Labute approximate surface area is 117 Å². The van der Waals surface area contributed by atoms with Crippen molar-refractivity contribution in [1.82, 2.24) is 4.90 Å². The highest BCUT2D eigenvalue weighted by Gasteiger charge is 2.09. The molecule has 1 amide bonds. The summed E-state index contributed by atoms with van der Waals surface area (Å²) in [7, 11) is 3.44. The number of amides is 1. The van der Waals surface area contributed by atoms with Crippen LogP contribution < -0.4 is 10.5 Å². The van der Waals surface area contributed by atoms with E-state index in [1.807, 2.05) is 0 Å². The summed E-state index contributed by atoms with van der Waals surface area (Å²) in [4.78, 5) is 12.9. The van der Waals surface area contributed by atoms with Gasteiger partial charge in [0.1, 0.15) is 5.75 Å². The Bertz CT molecular complexity index is 399. The van der Waals surface area contributed by atoms with Gasteiger partial charge < -0.3 is 15.4 Å². The molecule has 0 saturated heterocycles. The number of hydrogen-bond acceptors (Lipinski definition) is 3. The van der Waals surface area contributed by atoms with E-state index in [4.69, 9.17) is 10.5 Å². The zero-order valence-electron chi connectivity index (χ0n) is 9.67. The first-order chi connectivity index (χ1) is 7.91. The molecule has 94 valence electrons. The predicted octanol–water partition coefficient (Wildman–Crippen LogP) is 2.65. The number of anilines is 1. The van der Waals surface area contributed by atoms with E-state index in [0.29, 0.717) is 24.5 Å². The molecular weight excluding hydrogens is 352 g/mol. The summed E-state index contributed by atoms with van der Waals surface area (Å²) >= 11 is 6.73. The molecule has 1 aromatic carbocycles. The molecule has 1 rings (SSSR count). The average molecular weight is 366 g/mol. The van der Waals surface area contributed by atoms with E-state index in [9.17, 15) is 4.79 Å². The van der Waals surface area contributed by atoms with E-state index in [1.54, 1.807) is 26.2 Å². The van der Waals surface area contributed by atoms with Gasteiger partial charge in [-0.2, -0.15) is 0 Å². The molecule has 1 aromatic rings. The predicted molar refractivity (Wildman–Crippen MR) is 75.1 cm³/mol. The van der Waals surface area contributed by atoms with Crippen LogP contribution in [0.1, 0.15) is 6.42 Å². The first-order valence-corrected chi connectivity index (χ1v) is 6.58. The maximum atomic E-state index is 11.4. The molecule has 0 atom stereocenters. The van der Waals surface area contributed by atoms with Crippen LogP contribution in [0.2, 0.25) is 0 Å². The summed E-state index contributed by atoms with van der Waals surface area (Å²) in [5, 5.41) is 0. The lowest BCUT2D eigenvalue weighted by atomic mass is 10.3. The van der Waals surface area contributed by atoms with Gasteiger partial charge in [-0.1, -0.05) is 0 Å². The van der Waals surface area contributed by atoms with E-state index in [1.165, 1.54) is 4.90 Å². The lowest BCUT2D eigenvalue weighted by molar-refractivity contribution is -0.129. The van der Waals surface area contributed by atoms with Crippen LogP contribution in [-0.4, -0.2) is 31.5 Å². The van der Waals surface area contributed by atoms with Gasteiger partial charge in [-0.3, -0.25) is 4.79 Å². The first-order valence-electron chi connectivity index (χ1n) is 4.99. The van der Waals surface area contributed by atoms with E-state index in [0.717, 1.165) is 8.95 Å². The zero-order valence-corrected chi connectivity index (χ0v) is 12.8. The molecule has 0 aliphatic carbocycles. The van der Waals surface area contributed by atoms with Gasteiger partial charge in [0.2, 0.25) is 5.91 Å². The molecular formula is C11H14Br2N2O2. The lowest BCUT2D eigenvalue weighted by Crippen LogP contribution is -2.23. The van der Waals surface area contributed by atoms with Crippen LogP contribution in [0.15, 0.2) is 21.1 Å². The second kappa shape index (κ2) is 6.26. The summed E-state index contributed by atoms with van der Waals surface area (Å²) in [5.74, 6) is 0.693. The minimum absolute atomic E-state index is 0.0349. The standard InChI is InChI=1S/C11H14Br2N2O2/c1-15(2)10(16)3-4-17-11-8(12)5-7(14)6-9(11)13/h5-6H,3-4,14H2,1-2H3. The fourth-order valence-corrected chi connectivity index (χ4v) is 2.63. The number of nitrogen functional groups attached to an aromatic ring is 1. The third-order valence-electron chi connectivity index (χ3n) is 2.08. The van der Waals surface area contributed by atoms with Crippen molar-refractivity contribution in [2.45, 2.75) is 6.42 Å². The minimum atomic E-state index is 0.0349. The Morgan fingerprint density at radius 1 is 1.35 bits per heavy atom. The van der Waals surface area contributed by atoms with Crippen LogP contribution in [0.4, 0.5) is 5.69 Å². The SMILES string of the molecule is CN(C)C(=O)CCOc1c(Br)cc(N)cc1Br. The summed E-state index contributed by atoms with van der Waals surface area (Å²) in [6.07, 6.45) is 0.344. The average Bonchev–Trinajstić information content (AvgIpc) is 2.21. The van der Waals surface area contributed by atoms with Gasteiger partial charge >= 0.3 is 0 Å². The number of benzene rings is 1. The number of hydrogen-bond donors (Lipinski definition) is 1. The minimum Gasteiger partial charge on any atom is -0.491 e. The number of ether oxygens (including phenoxy) is 1. The number of carbonyl (C=O) groups is 1. The van der Waals surface area contributed by atoms with Gasteiger partial charge in [-0.15, -0.1) is 0 Å². The summed E-state index contributed by atoms with van der Waals surface area (Å²) in [6, 6.07) is 3.52. The fraction of sp³-hybridized carbons (Fsp3) is 0.364. The smallest absolute Gasteiger partial charge is 0.225 e. The highest BCUT2D eigenvalue weighted by atomic mass is 79.9. The molecule has 0 fully saturated rings. The van der Waals surface area contributed by atoms with Crippen molar-refractivity contribution >= 4 is 43.5 Å². The molecule has 2 N–H and O–H groups in total. The van der Waals surface area contributed by atoms with E-state index >= 15 is 0 Å². The van der Waals surface area contributed by atoms with Gasteiger partial charge in [0.15, 0.2) is 0 Å². The van der Waals surface area contributed by atoms with Crippen molar-refractivity contribution in [3.63, 3.8) is 0 Å². The fourth-order valence-electron chi connectivity index (χ4n) is 1.18. The molecule has 4 nitrogen and oxygen atoms in total. The molecule has 0 spiro atoms. The Hall–Kier alpha value is -0.750. The number of halogens is 2. The Kier molecular flexibility index (Phi) is 5.27. The number of nitrogens with zero attached hydrogens (tertiary/aromatic N) is 1. The molecule has 0 aliphatic rings. The summed E-state index contributed by atoms with van der Waals surface area (Å²) < 4.78 is 7.08. The normalized spacial score (nSPS) is 10.1. The number of rotatable bonds is 4. The quantitative estimate of drug-likeness (QED) is 0.834. The Balaban J connectivity index is 2.61. The number of carbonyl (C=O) groups excluding carboxylic acids is 1. The molecule has 0 aliphatic heterocycles. The second-order valence-electron chi connectivity index (χ2n) is 3.70. The molecule has 0 saturated carbocycles. The third-order valence-corrected chi connectivity index (χ3v) is 3.26. The van der Waals surface area contributed by atoms with E-state index in [2.05, 4.69) is 31.9 Å². The molecule has 0 aromatic heterocycles. The van der Waals surface area contributed by atoms with Crippen molar-refractivity contribution in [3.05, 3.63) is 21.1 Å². The van der Waals surface area contributed by atoms with Gasteiger partial charge in [-0.05, 0) is 44.0 Å². The van der Waals surface area contributed by atoms with Crippen LogP contribution in [-0.2, 0) is 4.79 Å². The van der Waals surface area contributed by atoms with Crippen LogP contribution in [0, 0.1) is 0 Å². The molecule has 17 heavy (non-hydrogen) atoms. The van der Waals surface area contributed by atoms with E-state index in [-0.39, 0.29) is 5.91 Å². The highest BCUT2D eigenvalue weighted by Crippen LogP contribution is 2.35. The summed E-state index contributed by atoms with van der Waals surface area (Å²) in [5.41, 5.74) is 6.31. The van der Waals surface area contributed by atoms with Gasteiger partial charge in [0.25, 0.3) is 0 Å². The molecule has 0 heterocycles. The van der Waals surface area contributed by atoms with Crippen molar-refractivity contribution in [3.8, 4) is 5.75 Å². The lowest BCUT2D eigenvalue weighted by Gasteiger charge is -2.13. The monoisotopic (exact) mass is 364 g/mol. The third kappa shape index (κ3) is 4.20.